The summed E-state index contributed by atoms with van der Waals surface area (Å²) in [5, 5.41) is 12.9. The lowest BCUT2D eigenvalue weighted by atomic mass is 10.2. The van der Waals surface area contributed by atoms with Crippen LogP contribution in [0.2, 0.25) is 0 Å². The van der Waals surface area contributed by atoms with E-state index in [2.05, 4.69) is 22.0 Å². The van der Waals surface area contributed by atoms with Crippen molar-refractivity contribution in [1.82, 2.24) is 15.0 Å². The predicted molar refractivity (Wildman–Crippen MR) is 72.4 cm³/mol. The smallest absolute Gasteiger partial charge is 0.257 e. The van der Waals surface area contributed by atoms with E-state index in [1.54, 1.807) is 0 Å². The summed E-state index contributed by atoms with van der Waals surface area (Å²) >= 11 is 0. The fourth-order valence-corrected chi connectivity index (χ4v) is 1.86. The Hall–Kier alpha value is -1.72. The predicted octanol–water partition coefficient (Wildman–Crippen LogP) is 1.94. The van der Waals surface area contributed by atoms with Crippen molar-refractivity contribution in [1.29, 1.82) is 0 Å². The van der Waals surface area contributed by atoms with Gasteiger partial charge >= 0.3 is 0 Å². The molecule has 1 aromatic heterocycles. The molecule has 1 aromatic carbocycles. The minimum atomic E-state index is 0.206. The molecule has 0 fully saturated rings. The van der Waals surface area contributed by atoms with Crippen molar-refractivity contribution in [3.8, 4) is 11.5 Å². The van der Waals surface area contributed by atoms with Gasteiger partial charge in [0.05, 0.1) is 6.54 Å². The Morgan fingerprint density at radius 1 is 1.26 bits per heavy atom. The van der Waals surface area contributed by atoms with Gasteiger partial charge in [0.15, 0.2) is 5.82 Å². The van der Waals surface area contributed by atoms with E-state index in [1.165, 1.54) is 0 Å². The molecule has 0 aliphatic rings. The molecule has 0 radical (unpaired) electrons. The van der Waals surface area contributed by atoms with Crippen LogP contribution in [0.1, 0.15) is 19.2 Å². The van der Waals surface area contributed by atoms with E-state index in [0.717, 1.165) is 25.1 Å². The summed E-state index contributed by atoms with van der Waals surface area (Å²) in [6.07, 6.45) is 0.761. The molecule has 102 valence electrons. The van der Waals surface area contributed by atoms with Crippen molar-refractivity contribution in [2.45, 2.75) is 19.9 Å². The molecule has 0 spiro atoms. The number of rotatable bonds is 7. The van der Waals surface area contributed by atoms with Crippen LogP contribution in [0, 0.1) is 0 Å². The lowest BCUT2D eigenvalue weighted by molar-refractivity contribution is 0.220. The standard InChI is InChI=1S/C14H19N3O2/c1-2-17(9-6-10-18)11-13-15-14(19-16-13)12-7-4-3-5-8-12/h3-5,7-8,18H,2,6,9-11H2,1H3. The van der Waals surface area contributed by atoms with Crippen molar-refractivity contribution in [3.63, 3.8) is 0 Å². The van der Waals surface area contributed by atoms with E-state index in [0.29, 0.717) is 18.3 Å². The zero-order valence-electron chi connectivity index (χ0n) is 11.1. The Labute approximate surface area is 112 Å². The minimum Gasteiger partial charge on any atom is -0.396 e. The molecule has 0 aliphatic carbocycles. The molecule has 1 N–H and O–H groups in total. The first kappa shape index (κ1) is 13.7. The van der Waals surface area contributed by atoms with E-state index >= 15 is 0 Å². The van der Waals surface area contributed by atoms with E-state index in [-0.39, 0.29) is 6.61 Å². The summed E-state index contributed by atoms with van der Waals surface area (Å²) in [7, 11) is 0. The van der Waals surface area contributed by atoms with Gasteiger partial charge in [0, 0.05) is 18.7 Å². The van der Waals surface area contributed by atoms with Crippen LogP contribution in [-0.2, 0) is 6.54 Å². The Kier molecular flexibility index (Phi) is 5.06. The normalized spacial score (nSPS) is 11.1. The quantitative estimate of drug-likeness (QED) is 0.825. The lowest BCUT2D eigenvalue weighted by Gasteiger charge is -2.17. The van der Waals surface area contributed by atoms with Gasteiger partial charge < -0.3 is 9.63 Å². The third-order valence-corrected chi connectivity index (χ3v) is 2.93. The van der Waals surface area contributed by atoms with Crippen LogP contribution in [0.5, 0.6) is 0 Å². The second-order valence-electron chi connectivity index (χ2n) is 4.33. The Morgan fingerprint density at radius 3 is 2.74 bits per heavy atom. The maximum atomic E-state index is 8.85. The summed E-state index contributed by atoms with van der Waals surface area (Å²) in [5.41, 5.74) is 0.930. The largest absolute Gasteiger partial charge is 0.396 e. The van der Waals surface area contributed by atoms with E-state index in [4.69, 9.17) is 9.63 Å². The van der Waals surface area contributed by atoms with Crippen LogP contribution >= 0.6 is 0 Å². The highest BCUT2D eigenvalue weighted by atomic mass is 16.5. The molecule has 0 saturated carbocycles. The Bertz CT molecular complexity index is 484. The summed E-state index contributed by atoms with van der Waals surface area (Å²) in [6, 6.07) is 9.73. The van der Waals surface area contributed by atoms with E-state index in [1.807, 2.05) is 30.3 Å². The van der Waals surface area contributed by atoms with Crippen LogP contribution in [0.3, 0.4) is 0 Å². The van der Waals surface area contributed by atoms with Crippen molar-refractivity contribution >= 4 is 0 Å². The molecule has 5 nitrogen and oxygen atoms in total. The van der Waals surface area contributed by atoms with Gasteiger partial charge in [-0.15, -0.1) is 0 Å². The molecular formula is C14H19N3O2. The Balaban J connectivity index is 2.01. The first-order valence-electron chi connectivity index (χ1n) is 6.54. The number of benzene rings is 1. The molecule has 0 saturated heterocycles. The third kappa shape index (κ3) is 3.87. The molecule has 5 heteroatoms. The van der Waals surface area contributed by atoms with Gasteiger partial charge in [-0.3, -0.25) is 4.90 Å². The molecule has 19 heavy (non-hydrogen) atoms. The fourth-order valence-electron chi connectivity index (χ4n) is 1.86. The van der Waals surface area contributed by atoms with Crippen molar-refractivity contribution in [2.24, 2.45) is 0 Å². The maximum absolute atomic E-state index is 8.85. The number of hydrogen-bond donors (Lipinski definition) is 1. The number of aliphatic hydroxyl groups is 1. The topological polar surface area (TPSA) is 62.4 Å². The first-order chi connectivity index (χ1) is 9.33. The second kappa shape index (κ2) is 7.01. The molecule has 2 rings (SSSR count). The summed E-state index contributed by atoms with van der Waals surface area (Å²) < 4.78 is 5.26. The number of nitrogens with zero attached hydrogens (tertiary/aromatic N) is 3. The molecule has 0 aliphatic heterocycles. The SMILES string of the molecule is CCN(CCCO)Cc1noc(-c2ccccc2)n1. The van der Waals surface area contributed by atoms with Gasteiger partial charge in [-0.1, -0.05) is 30.3 Å². The Morgan fingerprint density at radius 2 is 2.05 bits per heavy atom. The third-order valence-electron chi connectivity index (χ3n) is 2.93. The van der Waals surface area contributed by atoms with Crippen LogP contribution in [0.4, 0.5) is 0 Å². The van der Waals surface area contributed by atoms with E-state index < -0.39 is 0 Å². The molecule has 0 bridgehead atoms. The summed E-state index contributed by atoms with van der Waals surface area (Å²) in [5.74, 6) is 1.23. The number of aliphatic hydroxyl groups excluding tert-OH is 1. The summed E-state index contributed by atoms with van der Waals surface area (Å²) in [4.78, 5) is 6.57. The fraction of sp³-hybridized carbons (Fsp3) is 0.429. The molecule has 0 unspecified atom stereocenters. The second-order valence-corrected chi connectivity index (χ2v) is 4.33. The zero-order chi connectivity index (χ0) is 13.5. The van der Waals surface area contributed by atoms with E-state index in [9.17, 15) is 0 Å². The molecular weight excluding hydrogens is 242 g/mol. The van der Waals surface area contributed by atoms with Gasteiger partial charge in [0.1, 0.15) is 0 Å². The highest BCUT2D eigenvalue weighted by Gasteiger charge is 2.11. The van der Waals surface area contributed by atoms with Crippen LogP contribution < -0.4 is 0 Å². The minimum absolute atomic E-state index is 0.206. The van der Waals surface area contributed by atoms with Gasteiger partial charge in [0.2, 0.25) is 0 Å². The van der Waals surface area contributed by atoms with Gasteiger partial charge in [-0.25, -0.2) is 0 Å². The lowest BCUT2D eigenvalue weighted by Crippen LogP contribution is -2.25. The summed E-state index contributed by atoms with van der Waals surface area (Å²) in [6.45, 7) is 4.66. The maximum Gasteiger partial charge on any atom is 0.257 e. The van der Waals surface area contributed by atoms with Crippen molar-refractivity contribution < 1.29 is 9.63 Å². The van der Waals surface area contributed by atoms with Gasteiger partial charge in [-0.2, -0.15) is 4.98 Å². The molecule has 0 amide bonds. The average molecular weight is 261 g/mol. The monoisotopic (exact) mass is 261 g/mol. The highest BCUT2D eigenvalue weighted by Crippen LogP contribution is 2.16. The molecule has 1 heterocycles. The zero-order valence-corrected chi connectivity index (χ0v) is 11.1. The van der Waals surface area contributed by atoms with Gasteiger partial charge in [-0.05, 0) is 25.1 Å². The van der Waals surface area contributed by atoms with Crippen LogP contribution in [0.15, 0.2) is 34.9 Å². The molecule has 0 atom stereocenters. The number of aromatic nitrogens is 2. The van der Waals surface area contributed by atoms with Crippen LogP contribution in [-0.4, -0.2) is 39.8 Å². The highest BCUT2D eigenvalue weighted by molar-refractivity contribution is 5.51. The van der Waals surface area contributed by atoms with Crippen molar-refractivity contribution in [3.05, 3.63) is 36.2 Å². The molecule has 2 aromatic rings. The van der Waals surface area contributed by atoms with Gasteiger partial charge in [0.25, 0.3) is 5.89 Å². The number of hydrogen-bond acceptors (Lipinski definition) is 5. The van der Waals surface area contributed by atoms with Crippen molar-refractivity contribution in [2.75, 3.05) is 19.7 Å². The van der Waals surface area contributed by atoms with Crippen LogP contribution in [0.25, 0.3) is 11.5 Å². The average Bonchev–Trinajstić information content (AvgIpc) is 2.93. The first-order valence-corrected chi connectivity index (χ1v) is 6.54.